The van der Waals surface area contributed by atoms with Crippen LogP contribution in [0.3, 0.4) is 0 Å². The van der Waals surface area contributed by atoms with Crippen LogP contribution in [0.1, 0.15) is 38.5 Å². The van der Waals surface area contributed by atoms with Gasteiger partial charge in [-0.05, 0) is 18.6 Å². The van der Waals surface area contributed by atoms with Gasteiger partial charge in [0, 0.05) is 18.4 Å². The summed E-state index contributed by atoms with van der Waals surface area (Å²) in [6, 6.07) is 5.44. The van der Waals surface area contributed by atoms with Gasteiger partial charge in [0.25, 0.3) is 0 Å². The Kier molecular flexibility index (Phi) is 4.04. The molecule has 0 saturated carbocycles. The van der Waals surface area contributed by atoms with Crippen molar-refractivity contribution >= 4 is 17.1 Å². The Morgan fingerprint density at radius 3 is 2.95 bits per heavy atom. The van der Waals surface area contributed by atoms with Gasteiger partial charge in [0.15, 0.2) is 11.5 Å². The second kappa shape index (κ2) is 5.73. The van der Waals surface area contributed by atoms with E-state index in [0.717, 1.165) is 11.1 Å². The Balaban J connectivity index is 2.02. The zero-order valence-corrected chi connectivity index (χ0v) is 11.0. The van der Waals surface area contributed by atoms with E-state index in [2.05, 4.69) is 4.98 Å². The van der Waals surface area contributed by atoms with Crippen LogP contribution in [0.25, 0.3) is 11.1 Å². The summed E-state index contributed by atoms with van der Waals surface area (Å²) in [6.07, 6.45) is 0.604. The highest BCUT2D eigenvalue weighted by molar-refractivity contribution is 5.74. The smallest absolute Gasteiger partial charge is 0.303 e. The number of rotatable bonds is 6. The fourth-order valence-corrected chi connectivity index (χ4v) is 1.68. The van der Waals surface area contributed by atoms with Crippen LogP contribution in [-0.2, 0) is 4.79 Å². The van der Waals surface area contributed by atoms with Crippen LogP contribution in [0.2, 0.25) is 0 Å². The van der Waals surface area contributed by atoms with E-state index >= 15 is 0 Å². The minimum absolute atomic E-state index is 0.115. The van der Waals surface area contributed by atoms with Gasteiger partial charge < -0.3 is 14.3 Å². The molecule has 1 heterocycles. The average molecular weight is 263 g/mol. The highest BCUT2D eigenvalue weighted by Gasteiger charge is 2.10. The molecule has 0 unspecified atom stereocenters. The van der Waals surface area contributed by atoms with E-state index in [0.29, 0.717) is 24.7 Å². The van der Waals surface area contributed by atoms with Gasteiger partial charge in [0.05, 0.1) is 6.61 Å². The van der Waals surface area contributed by atoms with Crippen molar-refractivity contribution in [3.8, 4) is 5.75 Å². The van der Waals surface area contributed by atoms with Crippen LogP contribution in [0.4, 0.5) is 0 Å². The lowest BCUT2D eigenvalue weighted by atomic mass is 10.2. The van der Waals surface area contributed by atoms with Gasteiger partial charge in [0.1, 0.15) is 11.3 Å². The first kappa shape index (κ1) is 13.4. The lowest BCUT2D eigenvalue weighted by molar-refractivity contribution is -0.137. The van der Waals surface area contributed by atoms with Crippen molar-refractivity contribution in [3.05, 3.63) is 24.1 Å². The average Bonchev–Trinajstić information content (AvgIpc) is 2.77. The second-order valence-electron chi connectivity index (χ2n) is 4.68. The third kappa shape index (κ3) is 3.47. The highest BCUT2D eigenvalue weighted by Crippen LogP contribution is 2.24. The van der Waals surface area contributed by atoms with E-state index in [-0.39, 0.29) is 12.3 Å². The van der Waals surface area contributed by atoms with Crippen LogP contribution in [0.5, 0.6) is 5.75 Å². The quantitative estimate of drug-likeness (QED) is 0.810. The van der Waals surface area contributed by atoms with Crippen molar-refractivity contribution in [2.75, 3.05) is 6.61 Å². The number of hydrogen-bond acceptors (Lipinski definition) is 4. The standard InChI is InChI=1S/C14H17NO4/c1-9(2)14-15-11-8-10(5-6-12(11)19-14)18-7-3-4-13(16)17/h5-6,8-9H,3-4,7H2,1-2H3,(H,16,17). The molecule has 2 rings (SSSR count). The first-order valence-corrected chi connectivity index (χ1v) is 6.31. The van der Waals surface area contributed by atoms with E-state index in [9.17, 15) is 4.79 Å². The maximum absolute atomic E-state index is 10.4. The number of fused-ring (bicyclic) bond motifs is 1. The van der Waals surface area contributed by atoms with Gasteiger partial charge >= 0.3 is 5.97 Å². The fourth-order valence-electron chi connectivity index (χ4n) is 1.68. The molecule has 0 bridgehead atoms. The van der Waals surface area contributed by atoms with E-state index in [1.807, 2.05) is 26.0 Å². The fraction of sp³-hybridized carbons (Fsp3) is 0.429. The molecule has 2 aromatic rings. The Bertz CT molecular complexity index is 574. The van der Waals surface area contributed by atoms with Crippen molar-refractivity contribution in [1.82, 2.24) is 4.98 Å². The third-order valence-electron chi connectivity index (χ3n) is 2.67. The molecule has 1 aromatic carbocycles. The van der Waals surface area contributed by atoms with Crippen LogP contribution < -0.4 is 4.74 Å². The van der Waals surface area contributed by atoms with E-state index < -0.39 is 5.97 Å². The summed E-state index contributed by atoms with van der Waals surface area (Å²) in [6.45, 7) is 4.43. The summed E-state index contributed by atoms with van der Waals surface area (Å²) < 4.78 is 11.1. The SMILES string of the molecule is CC(C)c1nc2cc(OCCCC(=O)O)ccc2o1. The van der Waals surface area contributed by atoms with Crippen molar-refractivity contribution in [2.24, 2.45) is 0 Å². The first-order valence-electron chi connectivity index (χ1n) is 6.31. The number of benzene rings is 1. The molecule has 5 nitrogen and oxygen atoms in total. The first-order chi connectivity index (χ1) is 9.06. The number of aliphatic carboxylic acids is 1. The Morgan fingerprint density at radius 2 is 2.26 bits per heavy atom. The number of aromatic nitrogens is 1. The van der Waals surface area contributed by atoms with Gasteiger partial charge in [-0.1, -0.05) is 13.8 Å². The largest absolute Gasteiger partial charge is 0.493 e. The molecular formula is C14H17NO4. The maximum Gasteiger partial charge on any atom is 0.303 e. The molecule has 0 aliphatic rings. The Labute approximate surface area is 111 Å². The van der Waals surface area contributed by atoms with Crippen molar-refractivity contribution in [3.63, 3.8) is 0 Å². The van der Waals surface area contributed by atoms with Gasteiger partial charge in [-0.3, -0.25) is 4.79 Å². The number of carboxylic acid groups (broad SMARTS) is 1. The van der Waals surface area contributed by atoms with E-state index in [1.165, 1.54) is 0 Å². The number of carbonyl (C=O) groups is 1. The highest BCUT2D eigenvalue weighted by atomic mass is 16.5. The molecule has 5 heteroatoms. The molecule has 0 fully saturated rings. The van der Waals surface area contributed by atoms with Crippen molar-refractivity contribution in [2.45, 2.75) is 32.6 Å². The summed E-state index contributed by atoms with van der Waals surface area (Å²) in [5, 5.41) is 8.53. The normalized spacial score (nSPS) is 11.1. The molecule has 1 N–H and O–H groups in total. The molecule has 102 valence electrons. The van der Waals surface area contributed by atoms with E-state index in [4.69, 9.17) is 14.3 Å². The Hall–Kier alpha value is -2.04. The van der Waals surface area contributed by atoms with Crippen LogP contribution in [0, 0.1) is 0 Å². The minimum Gasteiger partial charge on any atom is -0.493 e. The molecule has 0 amide bonds. The minimum atomic E-state index is -0.808. The van der Waals surface area contributed by atoms with Crippen LogP contribution in [0.15, 0.2) is 22.6 Å². The van der Waals surface area contributed by atoms with Crippen molar-refractivity contribution < 1.29 is 19.1 Å². The van der Waals surface area contributed by atoms with Gasteiger partial charge in [-0.15, -0.1) is 0 Å². The summed E-state index contributed by atoms with van der Waals surface area (Å²) in [5.74, 6) is 0.823. The summed E-state index contributed by atoms with van der Waals surface area (Å²) in [4.78, 5) is 14.8. The predicted octanol–water partition coefficient (Wildman–Crippen LogP) is 3.19. The number of ether oxygens (including phenoxy) is 1. The number of nitrogens with zero attached hydrogens (tertiary/aromatic N) is 1. The lowest BCUT2D eigenvalue weighted by Crippen LogP contribution is -2.01. The van der Waals surface area contributed by atoms with E-state index in [1.54, 1.807) is 6.07 Å². The molecule has 0 aliphatic carbocycles. The molecule has 19 heavy (non-hydrogen) atoms. The Morgan fingerprint density at radius 1 is 1.47 bits per heavy atom. The molecule has 0 aliphatic heterocycles. The molecule has 0 spiro atoms. The molecule has 0 saturated heterocycles. The van der Waals surface area contributed by atoms with Gasteiger partial charge in [0.2, 0.25) is 0 Å². The summed E-state index contributed by atoms with van der Waals surface area (Å²) in [7, 11) is 0. The summed E-state index contributed by atoms with van der Waals surface area (Å²) >= 11 is 0. The van der Waals surface area contributed by atoms with Crippen molar-refractivity contribution in [1.29, 1.82) is 0 Å². The number of oxazole rings is 1. The predicted molar refractivity (Wildman–Crippen MR) is 70.5 cm³/mol. The van der Waals surface area contributed by atoms with Gasteiger partial charge in [-0.25, -0.2) is 4.98 Å². The third-order valence-corrected chi connectivity index (χ3v) is 2.67. The topological polar surface area (TPSA) is 72.6 Å². The second-order valence-corrected chi connectivity index (χ2v) is 4.68. The van der Waals surface area contributed by atoms with Crippen LogP contribution >= 0.6 is 0 Å². The van der Waals surface area contributed by atoms with Gasteiger partial charge in [-0.2, -0.15) is 0 Å². The summed E-state index contributed by atoms with van der Waals surface area (Å²) in [5.41, 5.74) is 1.50. The monoisotopic (exact) mass is 263 g/mol. The number of hydrogen-bond donors (Lipinski definition) is 1. The maximum atomic E-state index is 10.4. The molecule has 1 aromatic heterocycles. The lowest BCUT2D eigenvalue weighted by Gasteiger charge is -2.04. The number of carboxylic acids is 1. The molecule has 0 radical (unpaired) electrons. The molecular weight excluding hydrogens is 246 g/mol. The zero-order chi connectivity index (χ0) is 13.8. The molecule has 0 atom stereocenters. The van der Waals surface area contributed by atoms with Crippen LogP contribution in [-0.4, -0.2) is 22.7 Å². The zero-order valence-electron chi connectivity index (χ0n) is 11.0.